The van der Waals surface area contributed by atoms with Crippen LogP contribution in [0.1, 0.15) is 42.9 Å². The lowest BCUT2D eigenvalue weighted by molar-refractivity contribution is 0.410. The van der Waals surface area contributed by atoms with Crippen molar-refractivity contribution >= 4 is 0 Å². The summed E-state index contributed by atoms with van der Waals surface area (Å²) >= 11 is 0. The second kappa shape index (κ2) is 5.03. The molecule has 2 heterocycles. The van der Waals surface area contributed by atoms with Gasteiger partial charge in [0, 0.05) is 24.4 Å². The summed E-state index contributed by atoms with van der Waals surface area (Å²) in [6, 6.07) is 8.06. The molecule has 4 nitrogen and oxygen atoms in total. The van der Waals surface area contributed by atoms with Crippen LogP contribution in [0, 0.1) is 0 Å². The zero-order valence-corrected chi connectivity index (χ0v) is 11.5. The first kappa shape index (κ1) is 12.2. The highest BCUT2D eigenvalue weighted by molar-refractivity contribution is 5.35. The van der Waals surface area contributed by atoms with Gasteiger partial charge in [-0.15, -0.1) is 0 Å². The Morgan fingerprint density at radius 1 is 1.37 bits per heavy atom. The lowest BCUT2D eigenvalue weighted by Crippen LogP contribution is -2.14. The number of fused-ring (bicyclic) bond motifs is 1. The third-order valence-electron chi connectivity index (χ3n) is 3.73. The van der Waals surface area contributed by atoms with Crippen LogP contribution in [0.2, 0.25) is 0 Å². The number of hydrogen-bond donors (Lipinski definition) is 0. The molecular weight excluding hydrogens is 238 g/mol. The average molecular weight is 257 g/mol. The standard InChI is InChI=1S/C15H19N3O/c1-11-6-5-9-18-15(11)16-14(17-18)10-12-7-3-4-8-13(12)19-2/h3-4,7-8,11H,5-6,9-10H2,1-2H3. The smallest absolute Gasteiger partial charge is 0.155 e. The molecule has 0 spiro atoms. The maximum Gasteiger partial charge on any atom is 0.155 e. The maximum absolute atomic E-state index is 5.38. The molecule has 2 aromatic rings. The van der Waals surface area contributed by atoms with Crippen molar-refractivity contribution < 1.29 is 4.74 Å². The van der Waals surface area contributed by atoms with Crippen LogP contribution in [0.5, 0.6) is 5.75 Å². The van der Waals surface area contributed by atoms with Crippen LogP contribution in [0.3, 0.4) is 0 Å². The Bertz CT molecular complexity index is 577. The second-order valence-corrected chi connectivity index (χ2v) is 5.14. The first-order valence-electron chi connectivity index (χ1n) is 6.83. The van der Waals surface area contributed by atoms with Crippen LogP contribution in [-0.2, 0) is 13.0 Å². The third-order valence-corrected chi connectivity index (χ3v) is 3.73. The fourth-order valence-corrected chi connectivity index (χ4v) is 2.70. The number of hydrogen-bond acceptors (Lipinski definition) is 3. The van der Waals surface area contributed by atoms with E-state index in [1.54, 1.807) is 7.11 Å². The van der Waals surface area contributed by atoms with E-state index in [2.05, 4.69) is 22.8 Å². The Morgan fingerprint density at radius 2 is 2.21 bits per heavy atom. The van der Waals surface area contributed by atoms with Crippen molar-refractivity contribution in [3.63, 3.8) is 0 Å². The summed E-state index contributed by atoms with van der Waals surface area (Å²) in [5, 5.41) is 4.62. The topological polar surface area (TPSA) is 39.9 Å². The van der Waals surface area contributed by atoms with Gasteiger partial charge in [0.15, 0.2) is 5.82 Å². The van der Waals surface area contributed by atoms with Crippen LogP contribution < -0.4 is 4.74 Å². The minimum absolute atomic E-state index is 0.521. The molecule has 0 fully saturated rings. The van der Waals surface area contributed by atoms with E-state index >= 15 is 0 Å². The van der Waals surface area contributed by atoms with Gasteiger partial charge in [-0.05, 0) is 18.9 Å². The lowest BCUT2D eigenvalue weighted by atomic mass is 10.0. The number of rotatable bonds is 3. The molecule has 100 valence electrons. The molecule has 0 radical (unpaired) electrons. The minimum Gasteiger partial charge on any atom is -0.496 e. The molecule has 0 amide bonds. The SMILES string of the molecule is COc1ccccc1Cc1nc2n(n1)CCCC2C. The Kier molecular flexibility index (Phi) is 3.23. The van der Waals surface area contributed by atoms with E-state index in [1.165, 1.54) is 12.8 Å². The summed E-state index contributed by atoms with van der Waals surface area (Å²) in [4.78, 5) is 4.70. The van der Waals surface area contributed by atoms with E-state index in [-0.39, 0.29) is 0 Å². The van der Waals surface area contributed by atoms with Crippen molar-refractivity contribution in [2.75, 3.05) is 7.11 Å². The molecule has 0 bridgehead atoms. The van der Waals surface area contributed by atoms with E-state index in [1.807, 2.05) is 18.2 Å². The highest BCUT2D eigenvalue weighted by atomic mass is 16.5. The lowest BCUT2D eigenvalue weighted by Gasteiger charge is -2.17. The van der Waals surface area contributed by atoms with Gasteiger partial charge in [0.1, 0.15) is 11.6 Å². The number of para-hydroxylation sites is 1. The predicted molar refractivity (Wildman–Crippen MR) is 73.5 cm³/mol. The molecule has 0 saturated carbocycles. The number of methoxy groups -OCH3 is 1. The summed E-state index contributed by atoms with van der Waals surface area (Å²) in [6.45, 7) is 3.23. The zero-order valence-electron chi connectivity index (χ0n) is 11.5. The van der Waals surface area contributed by atoms with E-state index < -0.39 is 0 Å². The van der Waals surface area contributed by atoms with Crippen LogP contribution >= 0.6 is 0 Å². The molecule has 1 unspecified atom stereocenters. The Balaban J connectivity index is 1.88. The largest absolute Gasteiger partial charge is 0.496 e. The number of benzene rings is 1. The predicted octanol–water partition coefficient (Wildman–Crippen LogP) is 2.77. The fraction of sp³-hybridized carbons (Fsp3) is 0.467. The summed E-state index contributed by atoms with van der Waals surface area (Å²) in [5.41, 5.74) is 1.14. The van der Waals surface area contributed by atoms with Gasteiger partial charge >= 0.3 is 0 Å². The minimum atomic E-state index is 0.521. The van der Waals surface area contributed by atoms with Crippen molar-refractivity contribution in [2.45, 2.75) is 38.6 Å². The Morgan fingerprint density at radius 3 is 3.00 bits per heavy atom. The highest BCUT2D eigenvalue weighted by Crippen LogP contribution is 2.26. The van der Waals surface area contributed by atoms with Gasteiger partial charge in [-0.2, -0.15) is 5.10 Å². The average Bonchev–Trinajstić information content (AvgIpc) is 2.83. The summed E-state index contributed by atoms with van der Waals surface area (Å²) in [5.74, 6) is 3.46. The van der Waals surface area contributed by atoms with Crippen molar-refractivity contribution in [2.24, 2.45) is 0 Å². The van der Waals surface area contributed by atoms with E-state index in [0.29, 0.717) is 5.92 Å². The van der Waals surface area contributed by atoms with Crippen molar-refractivity contribution in [3.05, 3.63) is 41.5 Å². The first-order chi connectivity index (χ1) is 9.28. The van der Waals surface area contributed by atoms with Crippen LogP contribution in [-0.4, -0.2) is 21.9 Å². The molecular formula is C15H19N3O. The van der Waals surface area contributed by atoms with Crippen molar-refractivity contribution in [1.29, 1.82) is 0 Å². The van der Waals surface area contributed by atoms with Crippen LogP contribution in [0.4, 0.5) is 0 Å². The van der Waals surface area contributed by atoms with Gasteiger partial charge < -0.3 is 4.74 Å². The molecule has 1 aromatic heterocycles. The molecule has 1 aromatic carbocycles. The number of aryl methyl sites for hydroxylation is 1. The molecule has 4 heteroatoms. The van der Waals surface area contributed by atoms with Gasteiger partial charge in [-0.3, -0.25) is 0 Å². The van der Waals surface area contributed by atoms with Gasteiger partial charge in [0.2, 0.25) is 0 Å². The Hall–Kier alpha value is -1.84. The number of aromatic nitrogens is 3. The van der Waals surface area contributed by atoms with Gasteiger partial charge in [0.25, 0.3) is 0 Å². The summed E-state index contributed by atoms with van der Waals surface area (Å²) in [6.07, 6.45) is 3.15. The third kappa shape index (κ3) is 2.35. The number of nitrogens with zero attached hydrogens (tertiary/aromatic N) is 3. The van der Waals surface area contributed by atoms with E-state index in [4.69, 9.17) is 9.72 Å². The fourth-order valence-electron chi connectivity index (χ4n) is 2.70. The van der Waals surface area contributed by atoms with Gasteiger partial charge in [-0.1, -0.05) is 25.1 Å². The monoisotopic (exact) mass is 257 g/mol. The molecule has 0 N–H and O–H groups in total. The second-order valence-electron chi connectivity index (χ2n) is 5.14. The van der Waals surface area contributed by atoms with Gasteiger partial charge in [-0.25, -0.2) is 9.67 Å². The molecule has 3 rings (SSSR count). The van der Waals surface area contributed by atoms with Gasteiger partial charge in [0.05, 0.1) is 7.11 Å². The normalized spacial score (nSPS) is 18.1. The van der Waals surface area contributed by atoms with E-state index in [0.717, 1.165) is 35.9 Å². The van der Waals surface area contributed by atoms with Crippen molar-refractivity contribution in [1.82, 2.24) is 14.8 Å². The highest BCUT2D eigenvalue weighted by Gasteiger charge is 2.20. The molecule has 1 aliphatic heterocycles. The van der Waals surface area contributed by atoms with Crippen molar-refractivity contribution in [3.8, 4) is 5.75 Å². The molecule has 0 aliphatic carbocycles. The molecule has 19 heavy (non-hydrogen) atoms. The molecule has 1 atom stereocenters. The maximum atomic E-state index is 5.38. The zero-order chi connectivity index (χ0) is 13.2. The quantitative estimate of drug-likeness (QED) is 0.849. The van der Waals surface area contributed by atoms with Crippen LogP contribution in [0.25, 0.3) is 0 Å². The first-order valence-corrected chi connectivity index (χ1v) is 6.83. The van der Waals surface area contributed by atoms with E-state index in [9.17, 15) is 0 Å². The Labute approximate surface area is 113 Å². The van der Waals surface area contributed by atoms with Crippen LogP contribution in [0.15, 0.2) is 24.3 Å². The summed E-state index contributed by atoms with van der Waals surface area (Å²) < 4.78 is 7.45. The molecule has 1 aliphatic rings. The number of ether oxygens (including phenoxy) is 1. The summed E-state index contributed by atoms with van der Waals surface area (Å²) in [7, 11) is 1.70. The molecule has 0 saturated heterocycles.